The van der Waals surface area contributed by atoms with Crippen molar-refractivity contribution in [3.63, 3.8) is 0 Å². The number of hydrogen-bond acceptors (Lipinski definition) is 4. The van der Waals surface area contributed by atoms with Gasteiger partial charge in [0.05, 0.1) is 24.6 Å². The summed E-state index contributed by atoms with van der Waals surface area (Å²) in [5, 5.41) is 7.09. The molecular weight excluding hydrogens is 362 g/mol. The first kappa shape index (κ1) is 19.5. The molecule has 1 fully saturated rings. The number of anilines is 2. The fourth-order valence-electron chi connectivity index (χ4n) is 3.14. The van der Waals surface area contributed by atoms with Crippen LogP contribution in [0.1, 0.15) is 12.0 Å². The van der Waals surface area contributed by atoms with E-state index in [1.54, 1.807) is 0 Å². The van der Waals surface area contributed by atoms with Gasteiger partial charge in [-0.1, -0.05) is 35.9 Å². The highest BCUT2D eigenvalue weighted by atomic mass is 35.5. The first-order chi connectivity index (χ1) is 13.2. The minimum atomic E-state index is 0.0494. The van der Waals surface area contributed by atoms with Crippen molar-refractivity contribution in [1.29, 1.82) is 0 Å². The van der Waals surface area contributed by atoms with Crippen molar-refractivity contribution in [1.82, 2.24) is 5.32 Å². The third-order valence-electron chi connectivity index (χ3n) is 4.55. The van der Waals surface area contributed by atoms with Crippen molar-refractivity contribution < 1.29 is 9.53 Å². The first-order valence-electron chi connectivity index (χ1n) is 9.39. The highest BCUT2D eigenvalue weighted by Crippen LogP contribution is 2.26. The van der Waals surface area contributed by atoms with Gasteiger partial charge >= 0.3 is 0 Å². The number of amides is 1. The van der Waals surface area contributed by atoms with E-state index in [9.17, 15) is 4.79 Å². The number of carbonyl (C=O) groups is 1. The van der Waals surface area contributed by atoms with Crippen molar-refractivity contribution >= 4 is 28.9 Å². The minimum Gasteiger partial charge on any atom is -0.383 e. The van der Waals surface area contributed by atoms with Crippen LogP contribution in [0.15, 0.2) is 48.5 Å². The van der Waals surface area contributed by atoms with Crippen LogP contribution < -0.4 is 15.5 Å². The quantitative estimate of drug-likeness (QED) is 0.729. The van der Waals surface area contributed by atoms with Crippen LogP contribution in [-0.4, -0.2) is 45.3 Å². The molecular formula is C21H26ClN3O2. The highest BCUT2D eigenvalue weighted by Gasteiger charge is 2.14. The molecule has 1 heterocycles. The minimum absolute atomic E-state index is 0.0494. The van der Waals surface area contributed by atoms with Crippen molar-refractivity contribution in [3.8, 4) is 0 Å². The van der Waals surface area contributed by atoms with E-state index < -0.39 is 0 Å². The van der Waals surface area contributed by atoms with Crippen LogP contribution in [0.3, 0.4) is 0 Å². The van der Waals surface area contributed by atoms with Crippen molar-refractivity contribution in [2.75, 3.05) is 49.6 Å². The standard InChI is InChI=1S/C21H26ClN3O2/c22-18-5-3-4-17(16-18)8-10-24-21(26)9-11-23-19-6-1-2-7-20(19)25-12-14-27-15-13-25/h1-7,16,23H,8-15H2,(H,24,26). The molecule has 0 unspecified atom stereocenters. The predicted octanol–water partition coefficient (Wildman–Crippen LogP) is 3.34. The van der Waals surface area contributed by atoms with Gasteiger partial charge in [0, 0.05) is 37.6 Å². The van der Waals surface area contributed by atoms with Crippen molar-refractivity contribution in [3.05, 3.63) is 59.1 Å². The fourth-order valence-corrected chi connectivity index (χ4v) is 3.35. The molecule has 0 radical (unpaired) electrons. The average molecular weight is 388 g/mol. The molecule has 1 aliphatic rings. The molecule has 0 saturated carbocycles. The molecule has 2 aromatic rings. The smallest absolute Gasteiger partial charge is 0.221 e. The lowest BCUT2D eigenvalue weighted by Crippen LogP contribution is -2.36. The van der Waals surface area contributed by atoms with Gasteiger partial charge in [-0.25, -0.2) is 0 Å². The molecule has 0 atom stereocenters. The molecule has 2 N–H and O–H groups in total. The van der Waals surface area contributed by atoms with Crippen LogP contribution in [0, 0.1) is 0 Å². The number of benzene rings is 2. The lowest BCUT2D eigenvalue weighted by molar-refractivity contribution is -0.120. The summed E-state index contributed by atoms with van der Waals surface area (Å²) in [5.74, 6) is 0.0494. The van der Waals surface area contributed by atoms with E-state index in [1.165, 1.54) is 5.69 Å². The number of halogens is 1. The molecule has 0 aromatic heterocycles. The SMILES string of the molecule is O=C(CCNc1ccccc1N1CCOCC1)NCCc1cccc(Cl)c1. The maximum absolute atomic E-state index is 12.1. The zero-order chi connectivity index (χ0) is 18.9. The number of morpholine rings is 1. The zero-order valence-electron chi connectivity index (χ0n) is 15.4. The van der Waals surface area contributed by atoms with Gasteiger partial charge in [-0.2, -0.15) is 0 Å². The van der Waals surface area contributed by atoms with E-state index >= 15 is 0 Å². The molecule has 0 aliphatic carbocycles. The summed E-state index contributed by atoms with van der Waals surface area (Å²) in [6.45, 7) is 4.51. The van der Waals surface area contributed by atoms with Gasteiger partial charge < -0.3 is 20.3 Å². The van der Waals surface area contributed by atoms with E-state index in [4.69, 9.17) is 16.3 Å². The highest BCUT2D eigenvalue weighted by molar-refractivity contribution is 6.30. The summed E-state index contributed by atoms with van der Waals surface area (Å²) >= 11 is 5.98. The Morgan fingerprint density at radius 2 is 1.89 bits per heavy atom. The number of para-hydroxylation sites is 2. The summed E-state index contributed by atoms with van der Waals surface area (Å²) in [4.78, 5) is 14.4. The summed E-state index contributed by atoms with van der Waals surface area (Å²) in [5.41, 5.74) is 3.36. The van der Waals surface area contributed by atoms with E-state index in [1.807, 2.05) is 36.4 Å². The molecule has 27 heavy (non-hydrogen) atoms. The first-order valence-corrected chi connectivity index (χ1v) is 9.77. The maximum atomic E-state index is 12.1. The Labute approximate surface area is 165 Å². The van der Waals surface area contributed by atoms with Gasteiger partial charge in [-0.15, -0.1) is 0 Å². The van der Waals surface area contributed by atoms with Crippen molar-refractivity contribution in [2.24, 2.45) is 0 Å². The largest absolute Gasteiger partial charge is 0.383 e. The van der Waals surface area contributed by atoms with Crippen LogP contribution in [0.4, 0.5) is 11.4 Å². The van der Waals surface area contributed by atoms with Gasteiger partial charge in [0.15, 0.2) is 0 Å². The van der Waals surface area contributed by atoms with Gasteiger partial charge in [0.1, 0.15) is 0 Å². The number of ether oxygens (including phenoxy) is 1. The molecule has 144 valence electrons. The fraction of sp³-hybridized carbons (Fsp3) is 0.381. The monoisotopic (exact) mass is 387 g/mol. The molecule has 1 aliphatic heterocycles. The molecule has 6 heteroatoms. The summed E-state index contributed by atoms with van der Waals surface area (Å²) < 4.78 is 5.43. The van der Waals surface area contributed by atoms with Crippen molar-refractivity contribution in [2.45, 2.75) is 12.8 Å². The second-order valence-corrected chi connectivity index (χ2v) is 6.96. The molecule has 3 rings (SSSR count). The van der Waals surface area contributed by atoms with Crippen LogP contribution in [-0.2, 0) is 16.0 Å². The van der Waals surface area contributed by atoms with E-state index in [0.29, 0.717) is 19.5 Å². The Hall–Kier alpha value is -2.24. The topological polar surface area (TPSA) is 53.6 Å². The summed E-state index contributed by atoms with van der Waals surface area (Å²) in [6.07, 6.45) is 1.21. The Morgan fingerprint density at radius 1 is 1.07 bits per heavy atom. The Kier molecular flexibility index (Phi) is 7.36. The summed E-state index contributed by atoms with van der Waals surface area (Å²) in [6, 6.07) is 15.9. The molecule has 1 amide bonds. The number of rotatable bonds is 8. The molecule has 2 aromatic carbocycles. The number of nitrogens with zero attached hydrogens (tertiary/aromatic N) is 1. The van der Waals surface area contributed by atoms with E-state index in [0.717, 1.165) is 49.0 Å². The van der Waals surface area contributed by atoms with Gasteiger partial charge in [-0.3, -0.25) is 4.79 Å². The lowest BCUT2D eigenvalue weighted by atomic mass is 10.1. The number of carbonyl (C=O) groups excluding carboxylic acids is 1. The van der Waals surface area contributed by atoms with E-state index in [2.05, 4.69) is 27.7 Å². The van der Waals surface area contributed by atoms with Gasteiger partial charge in [0.25, 0.3) is 0 Å². The third kappa shape index (κ3) is 6.15. The number of nitrogens with one attached hydrogen (secondary N) is 2. The second kappa shape index (κ2) is 10.2. The molecule has 5 nitrogen and oxygen atoms in total. The average Bonchev–Trinajstić information content (AvgIpc) is 2.69. The maximum Gasteiger partial charge on any atom is 0.221 e. The Bertz CT molecular complexity index is 748. The predicted molar refractivity (Wildman–Crippen MR) is 111 cm³/mol. The Balaban J connectivity index is 1.41. The lowest BCUT2D eigenvalue weighted by Gasteiger charge is -2.30. The molecule has 1 saturated heterocycles. The second-order valence-electron chi connectivity index (χ2n) is 6.52. The Morgan fingerprint density at radius 3 is 2.70 bits per heavy atom. The summed E-state index contributed by atoms with van der Waals surface area (Å²) in [7, 11) is 0. The van der Waals surface area contributed by atoms with Crippen LogP contribution in [0.5, 0.6) is 0 Å². The molecule has 0 spiro atoms. The molecule has 0 bridgehead atoms. The van der Waals surface area contributed by atoms with E-state index in [-0.39, 0.29) is 5.91 Å². The van der Waals surface area contributed by atoms with Crippen LogP contribution >= 0.6 is 11.6 Å². The van der Waals surface area contributed by atoms with Crippen LogP contribution in [0.2, 0.25) is 5.02 Å². The number of hydrogen-bond donors (Lipinski definition) is 2. The van der Waals surface area contributed by atoms with Gasteiger partial charge in [0.2, 0.25) is 5.91 Å². The normalized spacial score (nSPS) is 14.0. The zero-order valence-corrected chi connectivity index (χ0v) is 16.2. The van der Waals surface area contributed by atoms with Crippen LogP contribution in [0.25, 0.3) is 0 Å². The van der Waals surface area contributed by atoms with Gasteiger partial charge in [-0.05, 0) is 36.2 Å². The third-order valence-corrected chi connectivity index (χ3v) is 4.78.